The van der Waals surface area contributed by atoms with Gasteiger partial charge in [-0.25, -0.2) is 0 Å². The molecule has 1 saturated carbocycles. The van der Waals surface area contributed by atoms with Crippen molar-refractivity contribution in [3.05, 3.63) is 0 Å². The summed E-state index contributed by atoms with van der Waals surface area (Å²) < 4.78 is 12.3. The molecule has 0 N–H and O–H groups in total. The lowest BCUT2D eigenvalue weighted by Crippen LogP contribution is -2.49. The molecule has 0 radical (unpaired) electrons. The van der Waals surface area contributed by atoms with E-state index in [1.807, 2.05) is 0 Å². The Morgan fingerprint density at radius 3 is 2.53 bits per heavy atom. The molecule has 1 aliphatic carbocycles. The van der Waals surface area contributed by atoms with E-state index in [0.717, 1.165) is 18.8 Å². The van der Waals surface area contributed by atoms with Crippen molar-refractivity contribution in [3.63, 3.8) is 0 Å². The Morgan fingerprint density at radius 2 is 1.93 bits per heavy atom. The van der Waals surface area contributed by atoms with Crippen molar-refractivity contribution < 1.29 is 8.85 Å². The van der Waals surface area contributed by atoms with Crippen molar-refractivity contribution in [1.82, 2.24) is 0 Å². The van der Waals surface area contributed by atoms with Gasteiger partial charge in [0.1, 0.15) is 0 Å². The van der Waals surface area contributed by atoms with E-state index in [9.17, 15) is 0 Å². The third-order valence-electron chi connectivity index (χ3n) is 3.88. The van der Waals surface area contributed by atoms with Gasteiger partial charge in [0.25, 0.3) is 0 Å². The predicted molar refractivity (Wildman–Crippen MR) is 64.2 cm³/mol. The van der Waals surface area contributed by atoms with Crippen LogP contribution in [0.3, 0.4) is 0 Å². The van der Waals surface area contributed by atoms with Crippen LogP contribution in [0.2, 0.25) is 11.6 Å². The zero-order valence-corrected chi connectivity index (χ0v) is 11.0. The van der Waals surface area contributed by atoms with Gasteiger partial charge < -0.3 is 8.85 Å². The van der Waals surface area contributed by atoms with E-state index in [0.29, 0.717) is 0 Å². The van der Waals surface area contributed by atoms with Crippen molar-refractivity contribution in [3.8, 4) is 0 Å². The highest BCUT2D eigenvalue weighted by Crippen LogP contribution is 2.42. The maximum Gasteiger partial charge on any atom is 0.341 e. The summed E-state index contributed by atoms with van der Waals surface area (Å²) in [7, 11) is -1.78. The molecule has 1 unspecified atom stereocenters. The average Bonchev–Trinajstić information content (AvgIpc) is 2.32. The Balaban J connectivity index is 2.01. The minimum atomic E-state index is -1.78. The second-order valence-corrected chi connectivity index (χ2v) is 8.40. The fourth-order valence-corrected chi connectivity index (χ4v) is 7.39. The first-order valence-corrected chi connectivity index (χ1v) is 8.75. The molecular weight excluding hydrogens is 204 g/mol. The van der Waals surface area contributed by atoms with Crippen molar-refractivity contribution in [2.75, 3.05) is 13.2 Å². The monoisotopic (exact) mass is 228 g/mol. The first-order chi connectivity index (χ1) is 7.37. The molecule has 1 saturated heterocycles. The topological polar surface area (TPSA) is 18.5 Å². The Morgan fingerprint density at radius 1 is 1.13 bits per heavy atom. The van der Waals surface area contributed by atoms with Crippen molar-refractivity contribution in [2.45, 2.75) is 63.5 Å². The second-order valence-electron chi connectivity index (χ2n) is 4.89. The molecule has 0 spiro atoms. The van der Waals surface area contributed by atoms with Crippen LogP contribution in [0.1, 0.15) is 51.9 Å². The van der Waals surface area contributed by atoms with Crippen molar-refractivity contribution in [1.29, 1.82) is 0 Å². The minimum Gasteiger partial charge on any atom is -0.394 e. The van der Waals surface area contributed by atoms with Gasteiger partial charge in [-0.05, 0) is 38.7 Å². The molecule has 2 aliphatic rings. The van der Waals surface area contributed by atoms with Crippen LogP contribution in [0.25, 0.3) is 0 Å². The zero-order chi connectivity index (χ0) is 10.6. The standard InChI is InChI=1S/C12H24O2Si/c1-2-13-15(11-7-6-10-14-15)12-8-4-3-5-9-12/h12H,2-11H2,1H3. The zero-order valence-electron chi connectivity index (χ0n) is 9.96. The van der Waals surface area contributed by atoms with E-state index in [1.54, 1.807) is 0 Å². The van der Waals surface area contributed by atoms with E-state index in [4.69, 9.17) is 8.85 Å². The SMILES string of the molecule is CCO[Si]1(C2CCCCC2)CCCCO1. The minimum absolute atomic E-state index is 0.798. The van der Waals surface area contributed by atoms with E-state index in [2.05, 4.69) is 6.92 Å². The fraction of sp³-hybridized carbons (Fsp3) is 1.00. The van der Waals surface area contributed by atoms with Crippen LogP contribution in [0.5, 0.6) is 0 Å². The third-order valence-corrected chi connectivity index (χ3v) is 8.22. The lowest BCUT2D eigenvalue weighted by atomic mass is 10.0. The number of rotatable bonds is 3. The molecule has 1 atom stereocenters. The highest BCUT2D eigenvalue weighted by atomic mass is 28.4. The van der Waals surface area contributed by atoms with Crippen molar-refractivity contribution >= 4 is 8.56 Å². The molecule has 0 aromatic carbocycles. The molecule has 0 amide bonds. The molecular formula is C12H24O2Si. The van der Waals surface area contributed by atoms with Crippen molar-refractivity contribution in [2.24, 2.45) is 0 Å². The molecule has 0 aromatic heterocycles. The second kappa shape index (κ2) is 5.46. The van der Waals surface area contributed by atoms with Gasteiger partial charge >= 0.3 is 8.56 Å². The van der Waals surface area contributed by atoms with Gasteiger partial charge in [0, 0.05) is 18.8 Å². The van der Waals surface area contributed by atoms with Gasteiger partial charge in [0.05, 0.1) is 0 Å². The Hall–Kier alpha value is 0.137. The van der Waals surface area contributed by atoms with E-state index in [-0.39, 0.29) is 0 Å². The number of hydrogen-bond donors (Lipinski definition) is 0. The van der Waals surface area contributed by atoms with Crippen LogP contribution in [0, 0.1) is 0 Å². The highest BCUT2D eigenvalue weighted by molar-refractivity contribution is 6.69. The Labute approximate surface area is 94.6 Å². The van der Waals surface area contributed by atoms with Crippen LogP contribution in [0.4, 0.5) is 0 Å². The molecule has 1 heterocycles. The van der Waals surface area contributed by atoms with Crippen LogP contribution < -0.4 is 0 Å². The average molecular weight is 228 g/mol. The van der Waals surface area contributed by atoms with E-state index >= 15 is 0 Å². The summed E-state index contributed by atoms with van der Waals surface area (Å²) >= 11 is 0. The lowest BCUT2D eigenvalue weighted by Gasteiger charge is -2.41. The number of hydrogen-bond acceptors (Lipinski definition) is 2. The first-order valence-electron chi connectivity index (χ1n) is 6.65. The van der Waals surface area contributed by atoms with Gasteiger partial charge in [0.2, 0.25) is 0 Å². The van der Waals surface area contributed by atoms with Crippen LogP contribution in [-0.4, -0.2) is 21.8 Å². The van der Waals surface area contributed by atoms with Gasteiger partial charge in [-0.3, -0.25) is 0 Å². The third kappa shape index (κ3) is 2.63. The molecule has 3 heteroatoms. The maximum atomic E-state index is 6.16. The van der Waals surface area contributed by atoms with Crippen LogP contribution in [-0.2, 0) is 8.85 Å². The Kier molecular flexibility index (Phi) is 4.23. The highest BCUT2D eigenvalue weighted by Gasteiger charge is 2.46. The van der Waals surface area contributed by atoms with Gasteiger partial charge in [-0.15, -0.1) is 0 Å². The molecule has 15 heavy (non-hydrogen) atoms. The predicted octanol–water partition coefficient (Wildman–Crippen LogP) is 3.61. The smallest absolute Gasteiger partial charge is 0.341 e. The molecule has 2 fully saturated rings. The summed E-state index contributed by atoms with van der Waals surface area (Å²) in [5, 5.41) is 0. The molecule has 2 rings (SSSR count). The summed E-state index contributed by atoms with van der Waals surface area (Å²) in [5.41, 5.74) is 0.798. The lowest BCUT2D eigenvalue weighted by molar-refractivity contribution is 0.138. The summed E-state index contributed by atoms with van der Waals surface area (Å²) in [6.07, 6.45) is 9.54. The van der Waals surface area contributed by atoms with E-state index < -0.39 is 8.56 Å². The van der Waals surface area contributed by atoms with Gasteiger partial charge in [-0.1, -0.05) is 19.3 Å². The summed E-state index contributed by atoms with van der Waals surface area (Å²) in [5.74, 6) is 0. The summed E-state index contributed by atoms with van der Waals surface area (Å²) in [6, 6.07) is 1.26. The normalized spacial score (nSPS) is 34.2. The van der Waals surface area contributed by atoms with Crippen LogP contribution >= 0.6 is 0 Å². The Bertz CT molecular complexity index is 179. The maximum absolute atomic E-state index is 6.16. The largest absolute Gasteiger partial charge is 0.394 e. The molecule has 1 aliphatic heterocycles. The molecule has 88 valence electrons. The molecule has 0 aromatic rings. The molecule has 2 nitrogen and oxygen atoms in total. The van der Waals surface area contributed by atoms with Gasteiger partial charge in [-0.2, -0.15) is 0 Å². The first kappa shape index (κ1) is 11.6. The summed E-state index contributed by atoms with van der Waals surface area (Å²) in [6.45, 7) is 3.93. The summed E-state index contributed by atoms with van der Waals surface area (Å²) in [4.78, 5) is 0. The van der Waals surface area contributed by atoms with Gasteiger partial charge in [0.15, 0.2) is 0 Å². The molecule has 0 bridgehead atoms. The van der Waals surface area contributed by atoms with Crippen LogP contribution in [0.15, 0.2) is 0 Å². The quantitative estimate of drug-likeness (QED) is 0.687. The van der Waals surface area contributed by atoms with E-state index in [1.165, 1.54) is 51.0 Å². The fourth-order valence-electron chi connectivity index (χ4n) is 3.13.